The molecule has 0 N–H and O–H groups in total. The molecule has 1 heterocycles. The minimum atomic E-state index is -0.237. The molecule has 0 aromatic heterocycles. The van der Waals surface area contributed by atoms with Crippen molar-refractivity contribution < 1.29 is 9.53 Å². The highest BCUT2D eigenvalue weighted by atomic mass is 16.5. The van der Waals surface area contributed by atoms with Crippen LogP contribution in [0.25, 0.3) is 0 Å². The van der Waals surface area contributed by atoms with Gasteiger partial charge in [0, 0.05) is 18.8 Å². The molecule has 0 bridgehead atoms. The van der Waals surface area contributed by atoms with Crippen LogP contribution in [0.3, 0.4) is 0 Å². The van der Waals surface area contributed by atoms with E-state index in [1.807, 2.05) is 45.0 Å². The number of hydrogen-bond acceptors (Lipinski definition) is 3. The number of hydrogen-bond donors (Lipinski definition) is 0. The highest BCUT2D eigenvalue weighted by Crippen LogP contribution is 2.26. The Labute approximate surface area is 129 Å². The molecule has 1 aromatic rings. The second kappa shape index (κ2) is 9.43. The SMILES string of the molecule is CC.CCCC1CCN(c2ccc(C(=O)OCC)cc2)C1. The average molecular weight is 291 g/mol. The molecule has 1 aromatic carbocycles. The Hall–Kier alpha value is -1.51. The van der Waals surface area contributed by atoms with Gasteiger partial charge in [-0.05, 0) is 49.9 Å². The third kappa shape index (κ3) is 5.07. The van der Waals surface area contributed by atoms with Crippen molar-refractivity contribution in [2.24, 2.45) is 5.92 Å². The highest BCUT2D eigenvalue weighted by Gasteiger charge is 2.21. The molecule has 1 aliphatic heterocycles. The zero-order valence-electron chi connectivity index (χ0n) is 13.9. The Morgan fingerprint density at radius 1 is 1.24 bits per heavy atom. The molecule has 1 fully saturated rings. The number of esters is 1. The van der Waals surface area contributed by atoms with Crippen molar-refractivity contribution in [1.82, 2.24) is 0 Å². The lowest BCUT2D eigenvalue weighted by atomic mass is 10.0. The number of ether oxygens (including phenoxy) is 1. The van der Waals surface area contributed by atoms with Crippen LogP contribution in [0.4, 0.5) is 5.69 Å². The highest BCUT2D eigenvalue weighted by molar-refractivity contribution is 5.89. The standard InChI is InChI=1S/C16H23NO2.C2H6/c1-3-5-13-10-11-17(12-13)15-8-6-14(7-9-15)16(18)19-4-2;1-2/h6-9,13H,3-5,10-12H2,1-2H3;1-2H3. The van der Waals surface area contributed by atoms with Gasteiger partial charge < -0.3 is 9.64 Å². The summed E-state index contributed by atoms with van der Waals surface area (Å²) in [5, 5.41) is 0. The predicted octanol–water partition coefficient (Wildman–Crippen LogP) is 4.52. The molecule has 1 saturated heterocycles. The molecule has 1 aliphatic rings. The van der Waals surface area contributed by atoms with E-state index < -0.39 is 0 Å². The van der Waals surface area contributed by atoms with Gasteiger partial charge in [-0.2, -0.15) is 0 Å². The first-order valence-electron chi connectivity index (χ1n) is 8.26. The molecule has 118 valence electrons. The largest absolute Gasteiger partial charge is 0.462 e. The number of anilines is 1. The van der Waals surface area contributed by atoms with Gasteiger partial charge in [0.1, 0.15) is 0 Å². The molecule has 1 unspecified atom stereocenters. The zero-order chi connectivity index (χ0) is 15.7. The number of nitrogens with zero attached hydrogens (tertiary/aromatic N) is 1. The van der Waals surface area contributed by atoms with Gasteiger partial charge in [0.25, 0.3) is 0 Å². The van der Waals surface area contributed by atoms with Gasteiger partial charge in [-0.25, -0.2) is 4.79 Å². The Bertz CT molecular complexity index is 414. The van der Waals surface area contributed by atoms with Crippen LogP contribution in [-0.4, -0.2) is 25.7 Å². The first-order valence-corrected chi connectivity index (χ1v) is 8.26. The maximum atomic E-state index is 11.6. The van der Waals surface area contributed by atoms with Gasteiger partial charge in [0.2, 0.25) is 0 Å². The third-order valence-electron chi connectivity index (χ3n) is 3.73. The normalized spacial score (nSPS) is 17.1. The predicted molar refractivity (Wildman–Crippen MR) is 89.0 cm³/mol. The van der Waals surface area contributed by atoms with Crippen LogP contribution in [0.1, 0.15) is 57.3 Å². The van der Waals surface area contributed by atoms with E-state index >= 15 is 0 Å². The summed E-state index contributed by atoms with van der Waals surface area (Å²) in [5.74, 6) is 0.592. The minimum Gasteiger partial charge on any atom is -0.462 e. The van der Waals surface area contributed by atoms with Crippen LogP contribution >= 0.6 is 0 Å². The zero-order valence-corrected chi connectivity index (χ0v) is 13.9. The fourth-order valence-electron chi connectivity index (χ4n) is 2.73. The lowest BCUT2D eigenvalue weighted by molar-refractivity contribution is 0.0526. The van der Waals surface area contributed by atoms with Crippen molar-refractivity contribution >= 4 is 11.7 Å². The second-order valence-electron chi connectivity index (χ2n) is 5.16. The van der Waals surface area contributed by atoms with Crippen LogP contribution in [0.5, 0.6) is 0 Å². The number of rotatable bonds is 5. The first-order chi connectivity index (χ1) is 10.2. The monoisotopic (exact) mass is 291 g/mol. The van der Waals surface area contributed by atoms with Crippen molar-refractivity contribution in [1.29, 1.82) is 0 Å². The molecule has 0 radical (unpaired) electrons. The molecule has 21 heavy (non-hydrogen) atoms. The minimum absolute atomic E-state index is 0.237. The maximum Gasteiger partial charge on any atom is 0.338 e. The van der Waals surface area contributed by atoms with Gasteiger partial charge in [0.05, 0.1) is 12.2 Å². The van der Waals surface area contributed by atoms with E-state index in [0.29, 0.717) is 12.2 Å². The fourth-order valence-corrected chi connectivity index (χ4v) is 2.73. The molecule has 0 saturated carbocycles. The number of carbonyl (C=O) groups excluding carboxylic acids is 1. The van der Waals surface area contributed by atoms with Crippen molar-refractivity contribution in [2.45, 2.75) is 47.0 Å². The van der Waals surface area contributed by atoms with Crippen molar-refractivity contribution in [3.05, 3.63) is 29.8 Å². The molecule has 3 heteroatoms. The second-order valence-corrected chi connectivity index (χ2v) is 5.16. The number of carbonyl (C=O) groups is 1. The Balaban J connectivity index is 0.00000106. The molecule has 0 amide bonds. The summed E-state index contributed by atoms with van der Waals surface area (Å²) in [5.41, 5.74) is 1.85. The van der Waals surface area contributed by atoms with E-state index in [1.54, 1.807) is 0 Å². The van der Waals surface area contributed by atoms with Crippen LogP contribution in [-0.2, 0) is 4.74 Å². The summed E-state index contributed by atoms with van der Waals surface area (Å²) in [4.78, 5) is 14.0. The van der Waals surface area contributed by atoms with E-state index in [2.05, 4.69) is 11.8 Å². The van der Waals surface area contributed by atoms with Crippen LogP contribution in [0, 0.1) is 5.92 Å². The van der Waals surface area contributed by atoms with Crippen molar-refractivity contribution in [3.63, 3.8) is 0 Å². The quantitative estimate of drug-likeness (QED) is 0.747. The summed E-state index contributed by atoms with van der Waals surface area (Å²) in [6.45, 7) is 10.8. The topological polar surface area (TPSA) is 29.5 Å². The molecular weight excluding hydrogens is 262 g/mol. The Morgan fingerprint density at radius 3 is 2.48 bits per heavy atom. The van der Waals surface area contributed by atoms with Crippen molar-refractivity contribution in [2.75, 3.05) is 24.6 Å². The summed E-state index contributed by atoms with van der Waals surface area (Å²) >= 11 is 0. The van der Waals surface area contributed by atoms with Crippen LogP contribution < -0.4 is 4.90 Å². The van der Waals surface area contributed by atoms with E-state index in [-0.39, 0.29) is 5.97 Å². The van der Waals surface area contributed by atoms with Crippen LogP contribution in [0.2, 0.25) is 0 Å². The molecular formula is C18H29NO2. The molecule has 2 rings (SSSR count). The Morgan fingerprint density at radius 2 is 1.90 bits per heavy atom. The lowest BCUT2D eigenvalue weighted by Gasteiger charge is -2.18. The fraction of sp³-hybridized carbons (Fsp3) is 0.611. The van der Waals surface area contributed by atoms with E-state index in [1.165, 1.54) is 24.9 Å². The number of benzene rings is 1. The smallest absolute Gasteiger partial charge is 0.338 e. The van der Waals surface area contributed by atoms with E-state index in [4.69, 9.17) is 4.74 Å². The third-order valence-corrected chi connectivity index (χ3v) is 3.73. The molecule has 3 nitrogen and oxygen atoms in total. The lowest BCUT2D eigenvalue weighted by Crippen LogP contribution is -2.19. The first kappa shape index (κ1) is 17.5. The van der Waals surface area contributed by atoms with Gasteiger partial charge >= 0.3 is 5.97 Å². The maximum absolute atomic E-state index is 11.6. The van der Waals surface area contributed by atoms with Crippen molar-refractivity contribution in [3.8, 4) is 0 Å². The van der Waals surface area contributed by atoms with Gasteiger partial charge in [0.15, 0.2) is 0 Å². The van der Waals surface area contributed by atoms with E-state index in [9.17, 15) is 4.79 Å². The van der Waals surface area contributed by atoms with Gasteiger partial charge in [-0.3, -0.25) is 0 Å². The summed E-state index contributed by atoms with van der Waals surface area (Å²) < 4.78 is 4.99. The Kier molecular flexibility index (Phi) is 7.88. The van der Waals surface area contributed by atoms with Gasteiger partial charge in [-0.1, -0.05) is 27.2 Å². The average Bonchev–Trinajstić information content (AvgIpc) is 2.99. The summed E-state index contributed by atoms with van der Waals surface area (Å²) in [6, 6.07) is 7.78. The van der Waals surface area contributed by atoms with Crippen LogP contribution in [0.15, 0.2) is 24.3 Å². The molecule has 0 spiro atoms. The van der Waals surface area contributed by atoms with E-state index in [0.717, 1.165) is 19.0 Å². The van der Waals surface area contributed by atoms with Gasteiger partial charge in [-0.15, -0.1) is 0 Å². The summed E-state index contributed by atoms with van der Waals surface area (Å²) in [6.07, 6.45) is 3.87. The molecule has 1 atom stereocenters. The summed E-state index contributed by atoms with van der Waals surface area (Å²) in [7, 11) is 0. The molecule has 0 aliphatic carbocycles.